The minimum absolute atomic E-state index is 0.0255. The van der Waals surface area contributed by atoms with Gasteiger partial charge in [0, 0.05) is 13.1 Å². The maximum absolute atomic E-state index is 12.5. The Morgan fingerprint density at radius 1 is 0.923 bits per heavy atom. The van der Waals surface area contributed by atoms with Gasteiger partial charge < -0.3 is 0 Å². The van der Waals surface area contributed by atoms with Gasteiger partial charge in [0.25, 0.3) is 10.0 Å². The van der Waals surface area contributed by atoms with Gasteiger partial charge in [-0.15, -0.1) is 0 Å². The van der Waals surface area contributed by atoms with Crippen molar-refractivity contribution in [1.29, 1.82) is 5.26 Å². The highest BCUT2D eigenvalue weighted by Gasteiger charge is 2.23. The van der Waals surface area contributed by atoms with Crippen molar-refractivity contribution in [3.63, 3.8) is 0 Å². The summed E-state index contributed by atoms with van der Waals surface area (Å²) in [5.74, 6) is 0. The van der Waals surface area contributed by atoms with Gasteiger partial charge in [0.1, 0.15) is 6.07 Å². The fraction of sp³-hybridized carbons (Fsp3) is 0.235. The number of para-hydroxylation sites is 1. The highest BCUT2D eigenvalue weighted by molar-refractivity contribution is 7.92. The number of anilines is 1. The van der Waals surface area contributed by atoms with Crippen LogP contribution in [-0.4, -0.2) is 34.2 Å². The molecule has 0 amide bonds. The van der Waals surface area contributed by atoms with Crippen molar-refractivity contribution in [2.24, 2.45) is 0 Å². The van der Waals surface area contributed by atoms with Crippen LogP contribution >= 0.6 is 0 Å². The van der Waals surface area contributed by atoms with E-state index in [2.05, 4.69) is 4.72 Å². The van der Waals surface area contributed by atoms with E-state index in [1.807, 2.05) is 6.07 Å². The van der Waals surface area contributed by atoms with Crippen LogP contribution in [-0.2, 0) is 20.0 Å². The van der Waals surface area contributed by atoms with E-state index in [0.717, 1.165) is 0 Å². The maximum atomic E-state index is 12.5. The van der Waals surface area contributed by atoms with Crippen LogP contribution in [0.25, 0.3) is 0 Å². The van der Waals surface area contributed by atoms with Crippen LogP contribution in [0.3, 0.4) is 0 Å². The van der Waals surface area contributed by atoms with E-state index in [0.29, 0.717) is 13.1 Å². The molecule has 0 spiro atoms. The monoisotopic (exact) mass is 393 g/mol. The van der Waals surface area contributed by atoms with Gasteiger partial charge in [-0.25, -0.2) is 16.8 Å². The third kappa shape index (κ3) is 4.04. The Morgan fingerprint density at radius 2 is 1.46 bits per heavy atom. The third-order valence-electron chi connectivity index (χ3n) is 3.77. The van der Waals surface area contributed by atoms with Crippen molar-refractivity contribution in [2.75, 3.05) is 17.8 Å². The van der Waals surface area contributed by atoms with E-state index in [-0.39, 0.29) is 21.0 Å². The first-order chi connectivity index (χ1) is 12.3. The molecule has 0 radical (unpaired) electrons. The van der Waals surface area contributed by atoms with Crippen LogP contribution < -0.4 is 4.72 Å². The van der Waals surface area contributed by atoms with Crippen molar-refractivity contribution < 1.29 is 16.8 Å². The Bertz CT molecular complexity index is 1020. The zero-order valence-electron chi connectivity index (χ0n) is 14.4. The molecule has 7 nitrogen and oxygen atoms in total. The predicted octanol–water partition coefficient (Wildman–Crippen LogP) is 2.39. The lowest BCUT2D eigenvalue weighted by molar-refractivity contribution is 0.445. The van der Waals surface area contributed by atoms with Gasteiger partial charge in [0.15, 0.2) is 0 Å². The van der Waals surface area contributed by atoms with Crippen molar-refractivity contribution in [2.45, 2.75) is 23.6 Å². The van der Waals surface area contributed by atoms with Gasteiger partial charge in [-0.05, 0) is 36.4 Å². The highest BCUT2D eigenvalue weighted by Crippen LogP contribution is 2.22. The van der Waals surface area contributed by atoms with Crippen molar-refractivity contribution in [3.05, 3.63) is 54.1 Å². The molecule has 0 fully saturated rings. The number of nitrogens with one attached hydrogen (secondary N) is 1. The zero-order chi connectivity index (χ0) is 19.4. The average molecular weight is 393 g/mol. The molecule has 138 valence electrons. The largest absolute Gasteiger partial charge is 0.278 e. The van der Waals surface area contributed by atoms with E-state index in [9.17, 15) is 16.8 Å². The second-order valence-corrected chi connectivity index (χ2v) is 8.94. The quantitative estimate of drug-likeness (QED) is 0.777. The summed E-state index contributed by atoms with van der Waals surface area (Å²) in [6.07, 6.45) is 0. The first kappa shape index (κ1) is 19.9. The summed E-state index contributed by atoms with van der Waals surface area (Å²) in [7, 11) is -7.61. The number of nitriles is 1. The molecule has 2 aromatic carbocycles. The Labute approximate surface area is 154 Å². The normalized spacial score (nSPS) is 11.9. The summed E-state index contributed by atoms with van der Waals surface area (Å²) in [6, 6.07) is 13.1. The molecule has 2 rings (SSSR count). The summed E-state index contributed by atoms with van der Waals surface area (Å²) in [6.45, 7) is 4.11. The van der Waals surface area contributed by atoms with E-state index in [1.165, 1.54) is 40.7 Å². The molecule has 0 saturated carbocycles. The van der Waals surface area contributed by atoms with Crippen LogP contribution in [0.15, 0.2) is 58.3 Å². The predicted molar refractivity (Wildman–Crippen MR) is 98.5 cm³/mol. The van der Waals surface area contributed by atoms with Gasteiger partial charge in [-0.2, -0.15) is 9.57 Å². The second kappa shape index (κ2) is 7.86. The van der Waals surface area contributed by atoms with Crippen LogP contribution in [0.5, 0.6) is 0 Å². The number of sulfonamides is 2. The molecule has 1 N–H and O–H groups in total. The van der Waals surface area contributed by atoms with E-state index in [4.69, 9.17) is 5.26 Å². The van der Waals surface area contributed by atoms with E-state index >= 15 is 0 Å². The molecule has 0 saturated heterocycles. The minimum atomic E-state index is -3.95. The van der Waals surface area contributed by atoms with Gasteiger partial charge >= 0.3 is 0 Å². The Balaban J connectivity index is 2.34. The smallest absolute Gasteiger partial charge is 0.261 e. The van der Waals surface area contributed by atoms with Gasteiger partial charge in [0.05, 0.1) is 21.0 Å². The second-order valence-electron chi connectivity index (χ2n) is 5.32. The summed E-state index contributed by atoms with van der Waals surface area (Å²) in [5.41, 5.74) is 0.353. The van der Waals surface area contributed by atoms with Gasteiger partial charge in [0.2, 0.25) is 10.0 Å². The van der Waals surface area contributed by atoms with E-state index in [1.54, 1.807) is 26.0 Å². The first-order valence-electron chi connectivity index (χ1n) is 7.88. The Hall–Kier alpha value is -2.41. The fourth-order valence-corrected chi connectivity index (χ4v) is 4.91. The molecule has 26 heavy (non-hydrogen) atoms. The van der Waals surface area contributed by atoms with Crippen molar-refractivity contribution >= 4 is 25.7 Å². The zero-order valence-corrected chi connectivity index (χ0v) is 16.0. The number of hydrogen-bond donors (Lipinski definition) is 1. The molecular weight excluding hydrogens is 374 g/mol. The van der Waals surface area contributed by atoms with Crippen LogP contribution in [0, 0.1) is 11.3 Å². The molecule has 0 aliphatic carbocycles. The third-order valence-corrected chi connectivity index (χ3v) is 7.21. The molecule has 0 bridgehead atoms. The standard InChI is InChI=1S/C17H19N3O4S2/c1-3-20(4-2)26(23,24)16-11-9-15(10-12-16)25(21,22)19-17-8-6-5-7-14(17)13-18/h5-12,19H,3-4H2,1-2H3. The van der Waals surface area contributed by atoms with Crippen LogP contribution in [0.2, 0.25) is 0 Å². The number of nitrogens with zero attached hydrogens (tertiary/aromatic N) is 2. The van der Waals surface area contributed by atoms with Crippen molar-refractivity contribution in [3.8, 4) is 6.07 Å². The molecule has 0 aliphatic heterocycles. The SMILES string of the molecule is CCN(CC)S(=O)(=O)c1ccc(S(=O)(=O)Nc2ccccc2C#N)cc1. The highest BCUT2D eigenvalue weighted by atomic mass is 32.2. The lowest BCUT2D eigenvalue weighted by Crippen LogP contribution is -2.30. The lowest BCUT2D eigenvalue weighted by atomic mass is 10.2. The molecule has 0 aliphatic rings. The summed E-state index contributed by atoms with van der Waals surface area (Å²) in [5, 5.41) is 9.05. The molecule has 0 heterocycles. The van der Waals surface area contributed by atoms with Crippen LogP contribution in [0.1, 0.15) is 19.4 Å². The minimum Gasteiger partial charge on any atom is -0.278 e. The van der Waals surface area contributed by atoms with Gasteiger partial charge in [-0.1, -0.05) is 26.0 Å². The van der Waals surface area contributed by atoms with Crippen molar-refractivity contribution in [1.82, 2.24) is 4.31 Å². The Morgan fingerprint density at radius 3 is 2.00 bits per heavy atom. The summed E-state index contributed by atoms with van der Waals surface area (Å²) in [4.78, 5) is -0.0682. The van der Waals surface area contributed by atoms with Gasteiger partial charge in [-0.3, -0.25) is 4.72 Å². The fourth-order valence-electron chi connectivity index (χ4n) is 2.38. The molecule has 2 aromatic rings. The summed E-state index contributed by atoms with van der Waals surface area (Å²) >= 11 is 0. The number of hydrogen-bond acceptors (Lipinski definition) is 5. The van der Waals surface area contributed by atoms with E-state index < -0.39 is 20.0 Å². The average Bonchev–Trinajstić information content (AvgIpc) is 2.63. The number of rotatable bonds is 7. The molecular formula is C17H19N3O4S2. The topological polar surface area (TPSA) is 107 Å². The summed E-state index contributed by atoms with van der Waals surface area (Å²) < 4.78 is 53.5. The molecule has 0 atom stereocenters. The Kier molecular flexibility index (Phi) is 6.02. The number of benzene rings is 2. The molecule has 0 aromatic heterocycles. The molecule has 9 heteroatoms. The molecule has 0 unspecified atom stereocenters. The lowest BCUT2D eigenvalue weighted by Gasteiger charge is -2.18. The maximum Gasteiger partial charge on any atom is 0.261 e. The first-order valence-corrected chi connectivity index (χ1v) is 10.8. The van der Waals surface area contributed by atoms with Crippen LogP contribution in [0.4, 0.5) is 5.69 Å².